The van der Waals surface area contributed by atoms with E-state index in [1.165, 1.54) is 0 Å². The molecule has 6 rings (SSSR count). The summed E-state index contributed by atoms with van der Waals surface area (Å²) in [7, 11) is 0. The van der Waals surface area contributed by atoms with E-state index in [2.05, 4.69) is 25.0 Å². The minimum Gasteiger partial charge on any atom is -0.378 e. The highest BCUT2D eigenvalue weighted by atomic mass is 16.5. The van der Waals surface area contributed by atoms with Crippen molar-refractivity contribution in [3.63, 3.8) is 0 Å². The number of anilines is 1. The number of aromatic amines is 1. The van der Waals surface area contributed by atoms with Gasteiger partial charge in [0.05, 0.1) is 42.6 Å². The lowest BCUT2D eigenvalue weighted by molar-refractivity contribution is 0.0992. The normalized spacial score (nSPS) is 14.2. The second-order valence-corrected chi connectivity index (χ2v) is 8.09. The number of fused-ring (bicyclic) bond motifs is 2. The first-order chi connectivity index (χ1) is 16.2. The topological polar surface area (TPSA) is 88.4 Å². The molecule has 5 aromatic rings. The third-order valence-corrected chi connectivity index (χ3v) is 5.92. The molecule has 8 nitrogen and oxygen atoms in total. The highest BCUT2D eigenvalue weighted by Gasteiger charge is 2.18. The first-order valence-corrected chi connectivity index (χ1v) is 11.0. The molecule has 0 bridgehead atoms. The fourth-order valence-corrected chi connectivity index (χ4v) is 4.25. The van der Waals surface area contributed by atoms with E-state index in [0.29, 0.717) is 18.8 Å². The van der Waals surface area contributed by atoms with Crippen LogP contribution in [0.2, 0.25) is 0 Å². The zero-order valence-electron chi connectivity index (χ0n) is 17.9. The summed E-state index contributed by atoms with van der Waals surface area (Å²) in [6.07, 6.45) is 1.94. The third-order valence-electron chi connectivity index (χ3n) is 5.92. The van der Waals surface area contributed by atoms with E-state index in [1.54, 1.807) is 6.20 Å². The lowest BCUT2D eigenvalue weighted by Crippen LogP contribution is -2.37. The van der Waals surface area contributed by atoms with Crippen LogP contribution >= 0.6 is 0 Å². The molecule has 1 aliphatic rings. The van der Waals surface area contributed by atoms with E-state index in [9.17, 15) is 4.79 Å². The summed E-state index contributed by atoms with van der Waals surface area (Å²) in [5, 5.41) is 4.41. The van der Waals surface area contributed by atoms with Crippen molar-refractivity contribution in [1.29, 1.82) is 0 Å². The summed E-state index contributed by atoms with van der Waals surface area (Å²) in [6, 6.07) is 19.3. The Kier molecular flexibility index (Phi) is 4.84. The second-order valence-electron chi connectivity index (χ2n) is 8.09. The van der Waals surface area contributed by atoms with E-state index < -0.39 is 0 Å². The number of H-pyrrole nitrogens is 1. The number of hydrogen-bond acceptors (Lipinski definition) is 6. The van der Waals surface area contributed by atoms with Gasteiger partial charge < -0.3 is 14.6 Å². The van der Waals surface area contributed by atoms with Crippen molar-refractivity contribution < 1.29 is 9.53 Å². The summed E-state index contributed by atoms with van der Waals surface area (Å²) in [4.78, 5) is 28.1. The van der Waals surface area contributed by atoms with Gasteiger partial charge >= 0.3 is 0 Å². The minimum atomic E-state index is 0.0113. The monoisotopic (exact) mass is 438 g/mol. The van der Waals surface area contributed by atoms with Crippen molar-refractivity contribution in [1.82, 2.24) is 24.6 Å². The summed E-state index contributed by atoms with van der Waals surface area (Å²) in [6.45, 7) is 2.92. The number of ether oxygens (including phenoxy) is 1. The first kappa shape index (κ1) is 19.6. The Hall–Kier alpha value is -4.04. The maximum atomic E-state index is 13.2. The summed E-state index contributed by atoms with van der Waals surface area (Å²) in [5.74, 6) is 1.70. The molecule has 0 atom stereocenters. The van der Waals surface area contributed by atoms with Gasteiger partial charge in [0, 0.05) is 36.3 Å². The lowest BCUT2D eigenvalue weighted by Gasteiger charge is -2.29. The van der Waals surface area contributed by atoms with Crippen LogP contribution in [0.25, 0.3) is 28.1 Å². The predicted molar refractivity (Wildman–Crippen MR) is 126 cm³/mol. The van der Waals surface area contributed by atoms with Crippen LogP contribution in [0.4, 0.5) is 5.82 Å². The van der Waals surface area contributed by atoms with Crippen LogP contribution in [0.5, 0.6) is 0 Å². The highest BCUT2D eigenvalue weighted by molar-refractivity contribution is 5.98. The Labute approximate surface area is 189 Å². The number of para-hydroxylation sites is 2. The van der Waals surface area contributed by atoms with Gasteiger partial charge in [0.15, 0.2) is 11.4 Å². The van der Waals surface area contributed by atoms with Crippen LogP contribution in [0.3, 0.4) is 0 Å². The zero-order valence-corrected chi connectivity index (χ0v) is 17.9. The Bertz CT molecular complexity index is 1430. The molecular weight excluding hydrogens is 416 g/mol. The number of nitrogens with zero attached hydrogens (tertiary/aromatic N) is 5. The molecular formula is C25H22N6O2. The van der Waals surface area contributed by atoms with Gasteiger partial charge in [-0.15, -0.1) is 0 Å². The maximum Gasteiger partial charge on any atom is 0.168 e. The van der Waals surface area contributed by atoms with Crippen LogP contribution in [0, 0.1) is 0 Å². The maximum absolute atomic E-state index is 13.2. The van der Waals surface area contributed by atoms with Crippen LogP contribution < -0.4 is 4.90 Å². The van der Waals surface area contributed by atoms with Gasteiger partial charge in [0.1, 0.15) is 11.6 Å². The molecule has 0 amide bonds. The fourth-order valence-electron chi connectivity index (χ4n) is 4.25. The Morgan fingerprint density at radius 1 is 1.00 bits per heavy atom. The largest absolute Gasteiger partial charge is 0.378 e. The number of nitrogens with one attached hydrogen (secondary N) is 1. The molecule has 1 aliphatic heterocycles. The number of benzene rings is 2. The number of aromatic nitrogens is 5. The quantitative estimate of drug-likeness (QED) is 0.422. The van der Waals surface area contributed by atoms with E-state index in [4.69, 9.17) is 4.74 Å². The van der Waals surface area contributed by atoms with Crippen molar-refractivity contribution >= 4 is 28.3 Å². The van der Waals surface area contributed by atoms with Crippen LogP contribution in [0.15, 0.2) is 66.9 Å². The Morgan fingerprint density at radius 3 is 2.76 bits per heavy atom. The number of hydrogen-bond donors (Lipinski definition) is 1. The van der Waals surface area contributed by atoms with Gasteiger partial charge in [-0.3, -0.25) is 4.79 Å². The molecule has 0 aliphatic carbocycles. The molecule has 0 unspecified atom stereocenters. The van der Waals surface area contributed by atoms with Crippen molar-refractivity contribution in [3.8, 4) is 11.4 Å². The first-order valence-electron chi connectivity index (χ1n) is 11.0. The van der Waals surface area contributed by atoms with E-state index in [0.717, 1.165) is 52.7 Å². The lowest BCUT2D eigenvalue weighted by atomic mass is 10.0. The van der Waals surface area contributed by atoms with E-state index in [-0.39, 0.29) is 12.2 Å². The van der Waals surface area contributed by atoms with Gasteiger partial charge in [0.2, 0.25) is 0 Å². The van der Waals surface area contributed by atoms with Gasteiger partial charge in [-0.2, -0.15) is 9.61 Å². The van der Waals surface area contributed by atoms with Crippen LogP contribution in [-0.2, 0) is 11.2 Å². The van der Waals surface area contributed by atoms with Gasteiger partial charge in [-0.05, 0) is 18.2 Å². The van der Waals surface area contributed by atoms with Gasteiger partial charge in [0.25, 0.3) is 0 Å². The predicted octanol–water partition coefficient (Wildman–Crippen LogP) is 3.53. The third kappa shape index (κ3) is 3.74. The van der Waals surface area contributed by atoms with Crippen LogP contribution in [-0.4, -0.2) is 56.7 Å². The van der Waals surface area contributed by atoms with Crippen molar-refractivity contribution in [2.45, 2.75) is 6.42 Å². The molecule has 33 heavy (non-hydrogen) atoms. The van der Waals surface area contributed by atoms with E-state index in [1.807, 2.05) is 65.2 Å². The molecule has 1 saturated heterocycles. The van der Waals surface area contributed by atoms with Crippen molar-refractivity contribution in [2.24, 2.45) is 0 Å². The van der Waals surface area contributed by atoms with Crippen LogP contribution in [0.1, 0.15) is 16.1 Å². The number of Topliss-reactive ketones (excluding diaryl/α,β-unsaturated/α-hetero) is 1. The van der Waals surface area contributed by atoms with Crippen molar-refractivity contribution in [3.05, 3.63) is 78.1 Å². The second kappa shape index (κ2) is 8.14. The highest BCUT2D eigenvalue weighted by Crippen LogP contribution is 2.23. The summed E-state index contributed by atoms with van der Waals surface area (Å²) >= 11 is 0. The standard InChI is InChI=1S/C25H22N6O2/c32-22(17-4-3-5-18(14-17)25-28-20-6-1-2-7-21(20)29-25)15-19-16-24(30-10-12-33-13-11-30)31-23(27-19)8-9-26-31/h1-9,14,16H,10-13,15H2,(H,28,29). The number of morpholine rings is 1. The zero-order chi connectivity index (χ0) is 22.2. The number of carbonyl (C=O) groups is 1. The van der Waals surface area contributed by atoms with Crippen molar-refractivity contribution in [2.75, 3.05) is 31.2 Å². The Morgan fingerprint density at radius 2 is 1.88 bits per heavy atom. The number of rotatable bonds is 5. The molecule has 2 aromatic carbocycles. The molecule has 0 saturated carbocycles. The molecule has 0 spiro atoms. The summed E-state index contributed by atoms with van der Waals surface area (Å²) < 4.78 is 7.31. The Balaban J connectivity index is 1.30. The average molecular weight is 438 g/mol. The van der Waals surface area contributed by atoms with Gasteiger partial charge in [-0.1, -0.05) is 30.3 Å². The average Bonchev–Trinajstić information content (AvgIpc) is 3.51. The fraction of sp³-hybridized carbons (Fsp3) is 0.200. The van der Waals surface area contributed by atoms with E-state index >= 15 is 0 Å². The minimum absolute atomic E-state index is 0.0113. The molecule has 0 radical (unpaired) electrons. The number of ketones is 1. The molecule has 8 heteroatoms. The molecule has 1 N–H and O–H groups in total. The molecule has 1 fully saturated rings. The SMILES string of the molecule is O=C(Cc1cc(N2CCOCC2)n2nccc2n1)c1cccc(-c2nc3ccccc3[nH]2)c1. The summed E-state index contributed by atoms with van der Waals surface area (Å²) in [5.41, 5.74) is 4.85. The molecule has 164 valence electrons. The number of imidazole rings is 1. The van der Waals surface area contributed by atoms with Gasteiger partial charge in [-0.25, -0.2) is 9.97 Å². The molecule has 4 heterocycles. The number of carbonyl (C=O) groups excluding carboxylic acids is 1. The molecule has 3 aromatic heterocycles. The smallest absolute Gasteiger partial charge is 0.168 e.